The minimum Gasteiger partial charge on any atom is -0.508 e. The Morgan fingerprint density at radius 3 is 1.16 bits per heavy atom. The molecule has 25 heteroatoms. The minimum atomic E-state index is -2.11. The molecule has 2 heterocycles. The number of amides is 4. The number of esters is 5. The zero-order valence-electron chi connectivity index (χ0n) is 57.1. The number of fused-ring (bicyclic) bond motifs is 3. The highest BCUT2D eigenvalue weighted by molar-refractivity contribution is 5.95. The summed E-state index contributed by atoms with van der Waals surface area (Å²) in [6.45, 7) is 4.67. The number of phenols is 2. The molecule has 0 unspecified atom stereocenters. The van der Waals surface area contributed by atoms with Crippen molar-refractivity contribution in [1.29, 1.82) is 0 Å². The lowest BCUT2D eigenvalue weighted by atomic mass is 9.93. The Bertz CT molecular complexity index is 4310. The Kier molecular flexibility index (Phi) is 23.6. The molecular weight excluding hydrogens is 1340 g/mol. The first-order chi connectivity index (χ1) is 50.1. The summed E-state index contributed by atoms with van der Waals surface area (Å²) in [5.74, 6) is -9.21. The highest BCUT2D eigenvalue weighted by Crippen LogP contribution is 2.45. The SMILES string of the molecule is CO[C@@H]1O[C@H](C(=O)N[C@@H](Cc2ccc(O)cc2)C(=O)N[C@H]2[C@H](OC)O[C@H](C(=O)N[C@@H](Cc3ccc(O)cc3)C(=O)OC(C)(C)C)[C@@H](OC(=O)c3ccccc3)[C@@H]2OC(=O)c2ccccc2)[C@@H](OC(=O)c2ccccc2)[C@H](OC(=O)c2ccccc2)[C@H]1NC(=O)OCC1c2ccccc2-c2ccccc21. The van der Waals surface area contributed by atoms with Crippen molar-refractivity contribution in [2.75, 3.05) is 20.8 Å². The molecule has 538 valence electrons. The normalized spacial score (nSPS) is 21.0. The molecule has 0 saturated carbocycles. The second-order valence-electron chi connectivity index (χ2n) is 25.7. The first-order valence-electron chi connectivity index (χ1n) is 33.4. The first kappa shape index (κ1) is 73.4. The number of nitrogens with one attached hydrogen (secondary N) is 4. The summed E-state index contributed by atoms with van der Waals surface area (Å²) in [5, 5.41) is 31.4. The molecule has 8 aromatic rings. The molecule has 2 aliphatic heterocycles. The molecule has 4 amide bonds. The van der Waals surface area contributed by atoms with Gasteiger partial charge in [0, 0.05) is 33.0 Å². The van der Waals surface area contributed by atoms with Crippen LogP contribution in [-0.2, 0) is 79.4 Å². The second kappa shape index (κ2) is 33.4. The van der Waals surface area contributed by atoms with Gasteiger partial charge in [-0.1, -0.05) is 146 Å². The van der Waals surface area contributed by atoms with Crippen LogP contribution in [-0.4, -0.2) is 164 Å². The maximum Gasteiger partial charge on any atom is 0.407 e. The van der Waals surface area contributed by atoms with Crippen LogP contribution in [0.4, 0.5) is 4.79 Å². The molecule has 104 heavy (non-hydrogen) atoms. The second-order valence-corrected chi connectivity index (χ2v) is 25.7. The van der Waals surface area contributed by atoms with Gasteiger partial charge in [0.15, 0.2) is 49.2 Å². The van der Waals surface area contributed by atoms with E-state index in [0.717, 1.165) is 29.4 Å². The number of benzene rings is 8. The highest BCUT2D eigenvalue weighted by Gasteiger charge is 2.57. The number of aromatic hydroxyl groups is 2. The molecule has 2 saturated heterocycles. The third-order valence-corrected chi connectivity index (χ3v) is 17.4. The maximum absolute atomic E-state index is 15.8. The Labute approximate surface area is 598 Å². The summed E-state index contributed by atoms with van der Waals surface area (Å²) in [6.07, 6.45) is -17.4. The third kappa shape index (κ3) is 17.9. The molecule has 12 atom stereocenters. The molecule has 0 radical (unpaired) electrons. The van der Waals surface area contributed by atoms with Crippen molar-refractivity contribution in [3.05, 3.63) is 263 Å². The number of rotatable bonds is 24. The number of hydrogen-bond acceptors (Lipinski definition) is 21. The van der Waals surface area contributed by atoms with Crippen LogP contribution in [0.2, 0.25) is 0 Å². The van der Waals surface area contributed by atoms with E-state index in [-0.39, 0.29) is 46.8 Å². The number of methoxy groups -OCH3 is 2. The van der Waals surface area contributed by atoms with E-state index in [9.17, 15) is 39.0 Å². The van der Waals surface area contributed by atoms with E-state index < -0.39 is 145 Å². The van der Waals surface area contributed by atoms with E-state index in [1.165, 1.54) is 128 Å². The molecule has 8 aromatic carbocycles. The topological polar surface area (TPSA) is 335 Å². The van der Waals surface area contributed by atoms with Gasteiger partial charge in [-0.3, -0.25) is 14.4 Å². The lowest BCUT2D eigenvalue weighted by Gasteiger charge is -2.45. The lowest BCUT2D eigenvalue weighted by Crippen LogP contribution is -2.70. The number of carbonyl (C=O) groups excluding carboxylic acids is 9. The van der Waals surface area contributed by atoms with Crippen molar-refractivity contribution in [2.24, 2.45) is 0 Å². The van der Waals surface area contributed by atoms with Crippen LogP contribution in [0.1, 0.15) is 90.4 Å². The van der Waals surface area contributed by atoms with E-state index in [4.69, 9.17) is 47.4 Å². The molecular formula is C79H76N4O21. The fraction of sp³-hybridized carbons (Fsp3) is 0.278. The van der Waals surface area contributed by atoms with Crippen LogP contribution in [0.15, 0.2) is 218 Å². The van der Waals surface area contributed by atoms with Crippen LogP contribution in [0.25, 0.3) is 11.1 Å². The van der Waals surface area contributed by atoms with Crippen molar-refractivity contribution in [2.45, 2.75) is 119 Å². The van der Waals surface area contributed by atoms with Crippen molar-refractivity contribution < 1.29 is 101 Å². The molecule has 11 rings (SSSR count). The Balaban J connectivity index is 0.954. The predicted octanol–water partition coefficient (Wildman–Crippen LogP) is 8.23. The Hall–Kier alpha value is -11.8. The van der Waals surface area contributed by atoms with Crippen LogP contribution in [0, 0.1) is 0 Å². The standard InChI is InChI=1S/C79H76N4O21/c1-79(2,3)104-75(93)59(43-46-36-40-52(85)41-37-46)81-70(88)67-64(100-73(91)49-26-14-8-15-27-49)62(98-71(89)47-22-10-6-11-23-47)60(76(95-4)102-67)82-68(86)58(42-45-34-38-51(84)39-35-45)80-69(87)66-65(101-74(92)50-28-16-9-17-29-50)63(99-72(90)48-24-12-7-13-25-48)61(77(96-5)103-66)83-78(94)97-44-57-55-32-20-18-30-53(55)54-31-19-21-33-56(54)57/h6-41,57-67,76-77,84-85H,42-44H2,1-5H3,(H,80,87)(H,81,88)(H,82,86)(H,83,94)/t58-,59-,60+,61+,62+,63+,64-,65-,66-,67-,76+,77+/m0/s1. The van der Waals surface area contributed by atoms with Gasteiger partial charge in [-0.15, -0.1) is 0 Å². The summed E-state index contributed by atoms with van der Waals surface area (Å²) >= 11 is 0. The molecule has 0 bridgehead atoms. The maximum atomic E-state index is 15.8. The summed E-state index contributed by atoms with van der Waals surface area (Å²) < 4.78 is 61.4. The van der Waals surface area contributed by atoms with Gasteiger partial charge >= 0.3 is 35.9 Å². The quantitative estimate of drug-likeness (QED) is 0.0245. The van der Waals surface area contributed by atoms with E-state index in [2.05, 4.69) is 21.3 Å². The fourth-order valence-corrected chi connectivity index (χ4v) is 12.5. The number of phenolic OH excluding ortho intramolecular Hbond substituents is 2. The molecule has 0 spiro atoms. The average molecular weight is 1420 g/mol. The van der Waals surface area contributed by atoms with Gasteiger partial charge in [0.1, 0.15) is 47.9 Å². The van der Waals surface area contributed by atoms with E-state index in [0.29, 0.717) is 11.1 Å². The zero-order valence-corrected chi connectivity index (χ0v) is 57.1. The Morgan fingerprint density at radius 2 is 0.779 bits per heavy atom. The number of alkyl carbamates (subject to hydrolysis) is 1. The first-order valence-corrected chi connectivity index (χ1v) is 33.4. The number of carbonyl (C=O) groups is 9. The van der Waals surface area contributed by atoms with Crippen LogP contribution in [0.3, 0.4) is 0 Å². The van der Waals surface area contributed by atoms with E-state index in [1.54, 1.807) is 69.3 Å². The van der Waals surface area contributed by atoms with Crippen LogP contribution >= 0.6 is 0 Å². The molecule has 1 aliphatic carbocycles. The number of ether oxygens (including phenoxy) is 10. The summed E-state index contributed by atoms with van der Waals surface area (Å²) in [4.78, 5) is 133. The van der Waals surface area contributed by atoms with Crippen molar-refractivity contribution in [3.63, 3.8) is 0 Å². The van der Waals surface area contributed by atoms with Gasteiger partial charge in [0.05, 0.1) is 22.3 Å². The monoisotopic (exact) mass is 1420 g/mol. The van der Waals surface area contributed by atoms with E-state index in [1.807, 2.05) is 48.5 Å². The van der Waals surface area contributed by atoms with Gasteiger partial charge in [-0.25, -0.2) is 28.8 Å². The van der Waals surface area contributed by atoms with Gasteiger partial charge in [0.2, 0.25) is 5.91 Å². The highest BCUT2D eigenvalue weighted by atomic mass is 16.7. The predicted molar refractivity (Wildman–Crippen MR) is 371 cm³/mol. The van der Waals surface area contributed by atoms with Crippen LogP contribution in [0.5, 0.6) is 11.5 Å². The number of hydrogen-bond donors (Lipinski definition) is 6. The van der Waals surface area contributed by atoms with Gasteiger partial charge in [-0.2, -0.15) is 0 Å². The van der Waals surface area contributed by atoms with Gasteiger partial charge < -0.3 is 78.8 Å². The zero-order chi connectivity index (χ0) is 73.6. The fourth-order valence-electron chi connectivity index (χ4n) is 12.5. The van der Waals surface area contributed by atoms with Gasteiger partial charge in [0.25, 0.3) is 11.8 Å². The minimum absolute atomic E-state index is 0.000978. The van der Waals surface area contributed by atoms with Crippen molar-refractivity contribution >= 4 is 53.7 Å². The molecule has 25 nitrogen and oxygen atoms in total. The smallest absolute Gasteiger partial charge is 0.407 e. The molecule has 3 aliphatic rings. The van der Waals surface area contributed by atoms with Gasteiger partial charge in [-0.05, 0) is 127 Å². The molecule has 0 aromatic heterocycles. The molecule has 6 N–H and O–H groups in total. The Morgan fingerprint density at radius 1 is 0.433 bits per heavy atom. The average Bonchev–Trinajstić information content (AvgIpc) is 1.53. The van der Waals surface area contributed by atoms with Crippen molar-refractivity contribution in [1.82, 2.24) is 21.3 Å². The summed E-state index contributed by atoms with van der Waals surface area (Å²) in [6, 6.07) is 50.2. The largest absolute Gasteiger partial charge is 0.508 e. The molecule has 2 fully saturated rings. The lowest BCUT2D eigenvalue weighted by molar-refractivity contribution is -0.252. The summed E-state index contributed by atoms with van der Waals surface area (Å²) in [5.41, 5.74) is 3.30. The van der Waals surface area contributed by atoms with Crippen molar-refractivity contribution in [3.8, 4) is 22.6 Å². The summed E-state index contributed by atoms with van der Waals surface area (Å²) in [7, 11) is 2.31. The third-order valence-electron chi connectivity index (χ3n) is 17.4. The van der Waals surface area contributed by atoms with E-state index >= 15 is 14.4 Å². The van der Waals surface area contributed by atoms with Crippen LogP contribution < -0.4 is 21.3 Å².